The summed E-state index contributed by atoms with van der Waals surface area (Å²) in [5, 5.41) is 9.64. The summed E-state index contributed by atoms with van der Waals surface area (Å²) in [4.78, 5) is 13.2. The lowest BCUT2D eigenvalue weighted by Crippen LogP contribution is -2.44. The van der Waals surface area contributed by atoms with Crippen molar-refractivity contribution in [2.45, 2.75) is 32.4 Å². The van der Waals surface area contributed by atoms with Gasteiger partial charge in [0.15, 0.2) is 0 Å². The molecule has 4 heteroatoms. The molecule has 1 aromatic carbocycles. The van der Waals surface area contributed by atoms with Crippen LogP contribution in [0.25, 0.3) is 0 Å². The highest BCUT2D eigenvalue weighted by Crippen LogP contribution is 2.23. The monoisotopic (exact) mass is 239 g/mol. The number of amides is 1. The molecule has 3 nitrogen and oxygen atoms in total. The molecular formula is C13H18FNO2. The zero-order valence-corrected chi connectivity index (χ0v) is 10.6. The Bertz CT molecular complexity index is 412. The predicted molar refractivity (Wildman–Crippen MR) is 63.9 cm³/mol. The number of hydrogen-bond donors (Lipinski definition) is 1. The number of halogens is 1. The molecule has 0 saturated carbocycles. The molecule has 1 unspecified atom stereocenters. The van der Waals surface area contributed by atoms with Crippen molar-refractivity contribution in [1.82, 2.24) is 4.90 Å². The van der Waals surface area contributed by atoms with Gasteiger partial charge in [-0.05, 0) is 26.8 Å². The van der Waals surface area contributed by atoms with Crippen molar-refractivity contribution in [2.24, 2.45) is 0 Å². The minimum Gasteiger partial charge on any atom is -0.381 e. The summed E-state index contributed by atoms with van der Waals surface area (Å²) in [6, 6.07) is 5.89. The molecule has 94 valence electrons. The lowest BCUT2D eigenvalue weighted by atomic mass is 10.0. The number of carbonyl (C=O) groups excluding carboxylic acids is 1. The fraction of sp³-hybridized carbons (Fsp3) is 0.462. The minimum absolute atomic E-state index is 0.351. The third kappa shape index (κ3) is 3.03. The molecule has 17 heavy (non-hydrogen) atoms. The van der Waals surface area contributed by atoms with Gasteiger partial charge in [-0.1, -0.05) is 18.2 Å². The SMILES string of the molecule is CC(c1ccccc1F)N(C)C(=O)C(C)(C)O. The number of hydrogen-bond acceptors (Lipinski definition) is 2. The van der Waals surface area contributed by atoms with Crippen LogP contribution in [0.2, 0.25) is 0 Å². The van der Waals surface area contributed by atoms with E-state index in [0.717, 1.165) is 0 Å². The Morgan fingerprint density at radius 1 is 1.41 bits per heavy atom. The van der Waals surface area contributed by atoms with E-state index in [1.54, 1.807) is 32.2 Å². The van der Waals surface area contributed by atoms with Crippen molar-refractivity contribution in [3.8, 4) is 0 Å². The van der Waals surface area contributed by atoms with E-state index in [-0.39, 0.29) is 5.82 Å². The molecular weight excluding hydrogens is 221 g/mol. The first-order valence-corrected chi connectivity index (χ1v) is 5.49. The van der Waals surface area contributed by atoms with Crippen LogP contribution in [0.3, 0.4) is 0 Å². The highest BCUT2D eigenvalue weighted by Gasteiger charge is 2.30. The van der Waals surface area contributed by atoms with E-state index in [4.69, 9.17) is 0 Å². The second-order valence-electron chi connectivity index (χ2n) is 4.67. The predicted octanol–water partition coefficient (Wildman–Crippen LogP) is 2.12. The third-order valence-corrected chi connectivity index (χ3v) is 2.78. The average Bonchev–Trinajstić information content (AvgIpc) is 2.25. The van der Waals surface area contributed by atoms with Crippen LogP contribution in [0.4, 0.5) is 4.39 Å². The van der Waals surface area contributed by atoms with Crippen molar-refractivity contribution in [1.29, 1.82) is 0 Å². The zero-order chi connectivity index (χ0) is 13.2. The van der Waals surface area contributed by atoms with E-state index in [9.17, 15) is 14.3 Å². The Hall–Kier alpha value is -1.42. The summed E-state index contributed by atoms with van der Waals surface area (Å²) in [6.45, 7) is 4.56. The van der Waals surface area contributed by atoms with E-state index in [0.29, 0.717) is 5.56 Å². The summed E-state index contributed by atoms with van der Waals surface area (Å²) in [7, 11) is 1.55. The molecule has 1 rings (SSSR count). The number of aliphatic hydroxyl groups is 1. The quantitative estimate of drug-likeness (QED) is 0.877. The van der Waals surface area contributed by atoms with Gasteiger partial charge in [-0.2, -0.15) is 0 Å². The van der Waals surface area contributed by atoms with Crippen LogP contribution in [0.5, 0.6) is 0 Å². The Kier molecular flexibility index (Phi) is 3.88. The van der Waals surface area contributed by atoms with Crippen molar-refractivity contribution in [2.75, 3.05) is 7.05 Å². The molecule has 0 aliphatic heterocycles. The highest BCUT2D eigenvalue weighted by molar-refractivity contribution is 5.84. The summed E-state index contributed by atoms with van der Waals surface area (Å²) >= 11 is 0. The van der Waals surface area contributed by atoms with Gasteiger partial charge in [-0.3, -0.25) is 4.79 Å². The second-order valence-corrected chi connectivity index (χ2v) is 4.67. The smallest absolute Gasteiger partial charge is 0.254 e. The maximum atomic E-state index is 13.6. The van der Waals surface area contributed by atoms with E-state index in [1.807, 2.05) is 0 Å². The van der Waals surface area contributed by atoms with Crippen LogP contribution in [-0.2, 0) is 4.79 Å². The van der Waals surface area contributed by atoms with E-state index >= 15 is 0 Å². The van der Waals surface area contributed by atoms with Gasteiger partial charge in [-0.15, -0.1) is 0 Å². The van der Waals surface area contributed by atoms with Crippen LogP contribution < -0.4 is 0 Å². The van der Waals surface area contributed by atoms with Gasteiger partial charge in [0, 0.05) is 12.6 Å². The number of rotatable bonds is 3. The molecule has 0 fully saturated rings. The first kappa shape index (κ1) is 13.6. The Morgan fingerprint density at radius 2 is 1.94 bits per heavy atom. The van der Waals surface area contributed by atoms with Gasteiger partial charge in [0.1, 0.15) is 11.4 Å². The summed E-state index contributed by atoms with van der Waals surface area (Å²) in [5.41, 5.74) is -1.01. The zero-order valence-electron chi connectivity index (χ0n) is 10.6. The third-order valence-electron chi connectivity index (χ3n) is 2.78. The lowest BCUT2D eigenvalue weighted by molar-refractivity contribution is -0.148. The summed E-state index contributed by atoms with van der Waals surface area (Å²) in [6.07, 6.45) is 0. The van der Waals surface area contributed by atoms with Gasteiger partial charge in [0.25, 0.3) is 5.91 Å². The van der Waals surface area contributed by atoms with Crippen LogP contribution in [0, 0.1) is 5.82 Å². The Balaban J connectivity index is 2.95. The van der Waals surface area contributed by atoms with Crippen LogP contribution in [0.15, 0.2) is 24.3 Å². The first-order chi connectivity index (χ1) is 7.75. The molecule has 0 heterocycles. The van der Waals surface area contributed by atoms with Gasteiger partial charge < -0.3 is 10.0 Å². The largest absolute Gasteiger partial charge is 0.381 e. The molecule has 0 radical (unpaired) electrons. The molecule has 0 bridgehead atoms. The molecule has 0 aliphatic carbocycles. The minimum atomic E-state index is -1.45. The van der Waals surface area contributed by atoms with Crippen molar-refractivity contribution in [3.05, 3.63) is 35.6 Å². The Morgan fingerprint density at radius 3 is 2.41 bits per heavy atom. The second kappa shape index (κ2) is 4.84. The number of benzene rings is 1. The molecule has 1 N–H and O–H groups in total. The fourth-order valence-corrected chi connectivity index (χ4v) is 1.63. The Labute approximate surface area is 101 Å². The van der Waals surface area contributed by atoms with Gasteiger partial charge >= 0.3 is 0 Å². The molecule has 1 atom stereocenters. The molecule has 0 aromatic heterocycles. The number of likely N-dealkylation sites (N-methyl/N-ethyl adjacent to an activating group) is 1. The normalized spacial score (nSPS) is 13.3. The maximum absolute atomic E-state index is 13.6. The fourth-order valence-electron chi connectivity index (χ4n) is 1.63. The highest BCUT2D eigenvalue weighted by atomic mass is 19.1. The molecule has 0 saturated heterocycles. The molecule has 1 aromatic rings. The van der Waals surface area contributed by atoms with Crippen LogP contribution >= 0.6 is 0 Å². The summed E-state index contributed by atoms with van der Waals surface area (Å²) in [5.74, 6) is -0.788. The first-order valence-electron chi connectivity index (χ1n) is 5.49. The van der Waals surface area contributed by atoms with Gasteiger partial charge in [-0.25, -0.2) is 4.39 Å². The van der Waals surface area contributed by atoms with Crippen molar-refractivity contribution in [3.63, 3.8) is 0 Å². The van der Waals surface area contributed by atoms with Crippen LogP contribution in [0.1, 0.15) is 32.4 Å². The lowest BCUT2D eigenvalue weighted by Gasteiger charge is -2.30. The van der Waals surface area contributed by atoms with Gasteiger partial charge in [0.2, 0.25) is 0 Å². The summed E-state index contributed by atoms with van der Waals surface area (Å²) < 4.78 is 13.6. The maximum Gasteiger partial charge on any atom is 0.254 e. The van der Waals surface area contributed by atoms with Crippen molar-refractivity contribution >= 4 is 5.91 Å². The number of carbonyl (C=O) groups is 1. The average molecular weight is 239 g/mol. The molecule has 0 aliphatic rings. The standard InChI is InChI=1S/C13H18FNO2/c1-9(10-7-5-6-8-11(10)14)15(4)12(16)13(2,3)17/h5-9,17H,1-4H3. The van der Waals surface area contributed by atoms with Crippen LogP contribution in [-0.4, -0.2) is 28.6 Å². The topological polar surface area (TPSA) is 40.5 Å². The van der Waals surface area contributed by atoms with E-state index in [2.05, 4.69) is 0 Å². The van der Waals surface area contributed by atoms with Gasteiger partial charge in [0.05, 0.1) is 6.04 Å². The molecule has 1 amide bonds. The number of nitrogens with zero attached hydrogens (tertiary/aromatic N) is 1. The van der Waals surface area contributed by atoms with Crippen molar-refractivity contribution < 1.29 is 14.3 Å². The van der Waals surface area contributed by atoms with E-state index in [1.165, 1.54) is 24.8 Å². The molecule has 0 spiro atoms. The van der Waals surface area contributed by atoms with E-state index < -0.39 is 17.6 Å².